The van der Waals surface area contributed by atoms with E-state index in [2.05, 4.69) is 5.32 Å². The molecule has 0 radical (unpaired) electrons. The topological polar surface area (TPSA) is 106 Å². The summed E-state index contributed by atoms with van der Waals surface area (Å²) in [7, 11) is -4.68. The number of carbonyl (C=O) groups is 1. The Labute approximate surface area is 118 Å². The number of thiophene rings is 1. The lowest BCUT2D eigenvalue weighted by Gasteiger charge is -2.08. The van der Waals surface area contributed by atoms with Crippen molar-refractivity contribution in [1.82, 2.24) is 5.32 Å². The van der Waals surface area contributed by atoms with Crippen LogP contribution in [0.3, 0.4) is 0 Å². The van der Waals surface area contributed by atoms with E-state index in [1.807, 2.05) is 6.92 Å². The van der Waals surface area contributed by atoms with Crippen LogP contribution in [0.5, 0.6) is 0 Å². The van der Waals surface area contributed by atoms with Gasteiger partial charge in [-0.2, -0.15) is 0 Å². The zero-order valence-electron chi connectivity index (χ0n) is 10.6. The van der Waals surface area contributed by atoms with Gasteiger partial charge < -0.3 is 5.32 Å². The molecule has 6 nitrogen and oxygen atoms in total. The number of nitrogens with one attached hydrogen (secondary N) is 1. The van der Waals surface area contributed by atoms with Crippen molar-refractivity contribution in [2.24, 2.45) is 5.14 Å². The Kier molecular flexibility index (Phi) is 5.65. The van der Waals surface area contributed by atoms with Gasteiger partial charge in [-0.05, 0) is 12.5 Å². The van der Waals surface area contributed by atoms with Crippen LogP contribution >= 0.6 is 11.3 Å². The highest BCUT2D eigenvalue weighted by Crippen LogP contribution is 2.18. The van der Waals surface area contributed by atoms with Crippen molar-refractivity contribution in [1.29, 1.82) is 0 Å². The van der Waals surface area contributed by atoms with Gasteiger partial charge in [0.25, 0.3) is 5.91 Å². The van der Waals surface area contributed by atoms with Crippen molar-refractivity contribution in [3.63, 3.8) is 0 Å². The highest BCUT2D eigenvalue weighted by molar-refractivity contribution is 7.91. The summed E-state index contributed by atoms with van der Waals surface area (Å²) in [5, 5.41) is 9.05. The van der Waals surface area contributed by atoms with Crippen LogP contribution in [0.25, 0.3) is 0 Å². The molecule has 0 aliphatic carbocycles. The number of amides is 1. The van der Waals surface area contributed by atoms with Gasteiger partial charge in [0.15, 0.2) is 0 Å². The Morgan fingerprint density at radius 3 is 2.68 bits per heavy atom. The van der Waals surface area contributed by atoms with E-state index < -0.39 is 20.8 Å². The largest absolute Gasteiger partial charge is 0.352 e. The van der Waals surface area contributed by atoms with Gasteiger partial charge >= 0.3 is 0 Å². The summed E-state index contributed by atoms with van der Waals surface area (Å²) in [4.78, 5) is 11.7. The zero-order valence-corrected chi connectivity index (χ0v) is 13.0. The minimum Gasteiger partial charge on any atom is -0.352 e. The standard InChI is InChI=1S/C10H16N2O4S3/c1-7(18(2)14)3-4-12-10(13)8-5-9(17-6-8)19(11,15)16/h5-7H,3-4H2,1-2H3,(H,12,13)(H2,11,15,16). The number of sulfonamides is 1. The van der Waals surface area contributed by atoms with Crippen LogP contribution in [-0.4, -0.2) is 36.6 Å². The first-order chi connectivity index (χ1) is 8.71. The summed E-state index contributed by atoms with van der Waals surface area (Å²) < 4.78 is 33.2. The number of carbonyl (C=O) groups excluding carboxylic acids is 1. The van der Waals surface area contributed by atoms with E-state index in [0.717, 1.165) is 11.3 Å². The maximum absolute atomic E-state index is 11.7. The molecule has 0 saturated heterocycles. The van der Waals surface area contributed by atoms with E-state index in [9.17, 15) is 17.4 Å². The van der Waals surface area contributed by atoms with Gasteiger partial charge in [0.05, 0.1) is 5.56 Å². The molecule has 0 aliphatic heterocycles. The molecule has 0 aromatic carbocycles. The first-order valence-electron chi connectivity index (χ1n) is 5.43. The van der Waals surface area contributed by atoms with Gasteiger partial charge in [-0.25, -0.2) is 13.6 Å². The molecule has 0 bridgehead atoms. The molecule has 19 heavy (non-hydrogen) atoms. The lowest BCUT2D eigenvalue weighted by atomic mass is 10.3. The van der Waals surface area contributed by atoms with Crippen molar-refractivity contribution in [2.45, 2.75) is 22.8 Å². The molecule has 0 fully saturated rings. The Hall–Kier alpha value is -0.770. The van der Waals surface area contributed by atoms with E-state index in [0.29, 0.717) is 13.0 Å². The fourth-order valence-corrected chi connectivity index (χ4v) is 3.28. The fraction of sp³-hybridized carbons (Fsp3) is 0.500. The first-order valence-corrected chi connectivity index (χ1v) is 9.48. The average Bonchev–Trinajstić information content (AvgIpc) is 2.77. The SMILES string of the molecule is CC(CCNC(=O)c1csc(S(N)(=O)=O)c1)S(C)=O. The molecule has 2 unspecified atom stereocenters. The summed E-state index contributed by atoms with van der Waals surface area (Å²) in [6.45, 7) is 2.23. The van der Waals surface area contributed by atoms with E-state index in [4.69, 9.17) is 5.14 Å². The molecule has 0 spiro atoms. The molecule has 0 saturated carbocycles. The summed E-state index contributed by atoms with van der Waals surface area (Å²) in [6.07, 6.45) is 2.21. The third-order valence-corrected chi connectivity index (χ3v) is 6.28. The van der Waals surface area contributed by atoms with Crippen molar-refractivity contribution in [2.75, 3.05) is 12.8 Å². The molecule has 1 aromatic heterocycles. The third-order valence-electron chi connectivity index (χ3n) is 2.52. The van der Waals surface area contributed by atoms with E-state index >= 15 is 0 Å². The Morgan fingerprint density at radius 1 is 1.58 bits per heavy atom. The monoisotopic (exact) mass is 324 g/mol. The zero-order chi connectivity index (χ0) is 14.6. The normalized spacial score (nSPS) is 14.9. The Bertz CT molecular complexity index is 579. The fourth-order valence-electron chi connectivity index (χ4n) is 1.24. The molecule has 0 aliphatic rings. The number of hydrogen-bond acceptors (Lipinski definition) is 5. The lowest BCUT2D eigenvalue weighted by molar-refractivity contribution is 0.0953. The van der Waals surface area contributed by atoms with Crippen LogP contribution in [0.2, 0.25) is 0 Å². The summed E-state index contributed by atoms with van der Waals surface area (Å²) >= 11 is 0.907. The van der Waals surface area contributed by atoms with E-state index in [1.165, 1.54) is 11.4 Å². The predicted molar refractivity (Wildman–Crippen MR) is 76.2 cm³/mol. The number of nitrogens with two attached hydrogens (primary N) is 1. The van der Waals surface area contributed by atoms with Crippen molar-refractivity contribution < 1.29 is 17.4 Å². The molecule has 2 atom stereocenters. The van der Waals surface area contributed by atoms with Crippen LogP contribution < -0.4 is 10.5 Å². The van der Waals surface area contributed by atoms with Crippen LogP contribution in [0.1, 0.15) is 23.7 Å². The smallest absolute Gasteiger partial charge is 0.252 e. The minimum absolute atomic E-state index is 0.00255. The second-order valence-corrected chi connectivity index (χ2v) is 8.55. The van der Waals surface area contributed by atoms with Gasteiger partial charge in [0.1, 0.15) is 4.21 Å². The van der Waals surface area contributed by atoms with Crippen LogP contribution in [0, 0.1) is 0 Å². The van der Waals surface area contributed by atoms with Crippen LogP contribution in [-0.2, 0) is 20.8 Å². The second-order valence-electron chi connectivity index (χ2n) is 4.05. The van der Waals surface area contributed by atoms with Crippen molar-refractivity contribution in [3.8, 4) is 0 Å². The van der Waals surface area contributed by atoms with Crippen LogP contribution in [0.15, 0.2) is 15.7 Å². The van der Waals surface area contributed by atoms with Crippen molar-refractivity contribution in [3.05, 3.63) is 17.0 Å². The second kappa shape index (κ2) is 6.60. The summed E-state index contributed by atoms with van der Waals surface area (Å²) in [5.41, 5.74) is 0.263. The maximum atomic E-state index is 11.7. The quantitative estimate of drug-likeness (QED) is 0.784. The Balaban J connectivity index is 2.55. The summed E-state index contributed by atoms with van der Waals surface area (Å²) in [5.74, 6) is -0.361. The molecule has 1 heterocycles. The Morgan fingerprint density at radius 2 is 2.21 bits per heavy atom. The number of primary sulfonamides is 1. The molecular weight excluding hydrogens is 308 g/mol. The molecule has 1 amide bonds. The van der Waals surface area contributed by atoms with E-state index in [-0.39, 0.29) is 20.9 Å². The third kappa shape index (κ3) is 5.01. The lowest BCUT2D eigenvalue weighted by Crippen LogP contribution is -2.27. The van der Waals surface area contributed by atoms with Crippen molar-refractivity contribution >= 4 is 38.1 Å². The van der Waals surface area contributed by atoms with Gasteiger partial charge in [-0.3, -0.25) is 9.00 Å². The molecule has 3 N–H and O–H groups in total. The minimum atomic E-state index is -3.76. The van der Waals surface area contributed by atoms with Gasteiger partial charge in [0, 0.05) is 34.2 Å². The van der Waals surface area contributed by atoms with E-state index in [1.54, 1.807) is 6.26 Å². The highest BCUT2D eigenvalue weighted by Gasteiger charge is 2.15. The average molecular weight is 324 g/mol. The number of rotatable bonds is 6. The molecular formula is C10H16N2O4S3. The predicted octanol–water partition coefficient (Wildman–Crippen LogP) is 0.282. The highest BCUT2D eigenvalue weighted by atomic mass is 32.2. The first kappa shape index (κ1) is 16.3. The van der Waals surface area contributed by atoms with Gasteiger partial charge in [0.2, 0.25) is 10.0 Å². The van der Waals surface area contributed by atoms with Crippen LogP contribution in [0.4, 0.5) is 0 Å². The van der Waals surface area contributed by atoms with Gasteiger partial charge in [-0.15, -0.1) is 11.3 Å². The maximum Gasteiger partial charge on any atom is 0.252 e. The number of hydrogen-bond donors (Lipinski definition) is 2. The molecule has 108 valence electrons. The molecule has 9 heteroatoms. The van der Waals surface area contributed by atoms with Gasteiger partial charge in [-0.1, -0.05) is 6.92 Å². The summed E-state index contributed by atoms with van der Waals surface area (Å²) in [6, 6.07) is 1.25. The molecule has 1 aromatic rings. The molecule has 1 rings (SSSR count).